The minimum Gasteiger partial charge on any atom is -0.373 e. The minimum absolute atomic E-state index is 0.0916. The van der Waals surface area contributed by atoms with Gasteiger partial charge in [0, 0.05) is 13.6 Å². The number of halogens is 1. The fourth-order valence-electron chi connectivity index (χ4n) is 2.12. The van der Waals surface area contributed by atoms with Crippen LogP contribution in [0.2, 0.25) is 5.02 Å². The zero-order valence-corrected chi connectivity index (χ0v) is 12.6. The van der Waals surface area contributed by atoms with Crippen LogP contribution in [0.25, 0.3) is 0 Å². The summed E-state index contributed by atoms with van der Waals surface area (Å²) in [5.41, 5.74) is 0.0916. The third-order valence-electron chi connectivity index (χ3n) is 3.27. The van der Waals surface area contributed by atoms with Crippen molar-refractivity contribution in [1.29, 1.82) is 0 Å². The molecule has 0 spiro atoms. The van der Waals surface area contributed by atoms with Crippen molar-refractivity contribution in [3.8, 4) is 0 Å². The van der Waals surface area contributed by atoms with Crippen LogP contribution < -0.4 is 10.6 Å². The number of sulfone groups is 1. The number of amides is 1. The summed E-state index contributed by atoms with van der Waals surface area (Å²) in [6, 6.07) is 3.22. The smallest absolute Gasteiger partial charge is 0.271 e. The van der Waals surface area contributed by atoms with Gasteiger partial charge in [0.25, 0.3) is 5.91 Å². The average Bonchev–Trinajstić information content (AvgIpc) is 2.75. The second-order valence-corrected chi connectivity index (χ2v) is 7.43. The lowest BCUT2D eigenvalue weighted by molar-refractivity contribution is 0.0949. The van der Waals surface area contributed by atoms with Crippen molar-refractivity contribution in [2.75, 3.05) is 24.7 Å². The number of anilines is 1. The maximum Gasteiger partial charge on any atom is 0.271 e. The van der Waals surface area contributed by atoms with E-state index < -0.39 is 21.0 Å². The molecule has 8 heteroatoms. The molecule has 2 N–H and O–H groups in total. The fourth-order valence-corrected chi connectivity index (χ4v) is 4.07. The number of carbonyl (C=O) groups excluding carboxylic acids is 1. The van der Waals surface area contributed by atoms with Crippen molar-refractivity contribution < 1.29 is 13.2 Å². The first-order valence-corrected chi connectivity index (χ1v) is 8.37. The first kappa shape index (κ1) is 15.1. The molecule has 0 saturated carbocycles. The van der Waals surface area contributed by atoms with Gasteiger partial charge >= 0.3 is 0 Å². The van der Waals surface area contributed by atoms with Crippen molar-refractivity contribution >= 4 is 33.2 Å². The second-order valence-electron chi connectivity index (χ2n) is 4.62. The van der Waals surface area contributed by atoms with E-state index in [0.717, 1.165) is 0 Å². The third-order valence-corrected chi connectivity index (χ3v) is 5.85. The summed E-state index contributed by atoms with van der Waals surface area (Å²) in [6.07, 6.45) is 1.23. The van der Waals surface area contributed by atoms with Crippen LogP contribution in [0.5, 0.6) is 0 Å². The number of carbonyl (C=O) groups is 1. The monoisotopic (exact) mass is 317 g/mol. The molecule has 0 bridgehead atoms. The molecule has 1 saturated heterocycles. The van der Waals surface area contributed by atoms with Gasteiger partial charge in [0.2, 0.25) is 0 Å². The molecule has 1 fully saturated rings. The molecule has 2 rings (SSSR count). The minimum atomic E-state index is -3.07. The Morgan fingerprint density at radius 1 is 1.50 bits per heavy atom. The van der Waals surface area contributed by atoms with Crippen molar-refractivity contribution in [3.05, 3.63) is 22.8 Å². The van der Waals surface area contributed by atoms with Crippen molar-refractivity contribution in [1.82, 2.24) is 10.3 Å². The van der Waals surface area contributed by atoms with Crippen LogP contribution in [-0.2, 0) is 9.84 Å². The average molecular weight is 318 g/mol. The molecule has 1 unspecified atom stereocenters. The molecule has 1 aromatic heterocycles. The number of nitrogens with one attached hydrogen (secondary N) is 2. The summed E-state index contributed by atoms with van der Waals surface area (Å²) in [6.45, 7) is 0.100. The third kappa shape index (κ3) is 3.21. The van der Waals surface area contributed by atoms with Crippen LogP contribution >= 0.6 is 11.6 Å². The van der Waals surface area contributed by atoms with Crippen molar-refractivity contribution in [3.63, 3.8) is 0 Å². The number of hydrogen-bond acceptors (Lipinski definition) is 5. The topological polar surface area (TPSA) is 88.2 Å². The lowest BCUT2D eigenvalue weighted by Crippen LogP contribution is -2.35. The second kappa shape index (κ2) is 5.97. The van der Waals surface area contributed by atoms with E-state index in [1.807, 2.05) is 0 Å². The van der Waals surface area contributed by atoms with Gasteiger partial charge in [0.1, 0.15) is 11.5 Å². The van der Waals surface area contributed by atoms with Gasteiger partial charge < -0.3 is 10.6 Å². The van der Waals surface area contributed by atoms with E-state index in [1.165, 1.54) is 0 Å². The van der Waals surface area contributed by atoms with Crippen molar-refractivity contribution in [2.45, 2.75) is 18.1 Å². The standard InChI is InChI=1S/C12H16ClN3O3S/c1-14-10-5-4-9(13)11(16-10)12(17)15-7-8-3-2-6-20(8,18)19/h4-5,8H,2-3,6-7H2,1H3,(H,14,16)(H,15,17). The number of aromatic nitrogens is 1. The highest BCUT2D eigenvalue weighted by Gasteiger charge is 2.31. The SMILES string of the molecule is CNc1ccc(Cl)c(C(=O)NCC2CCCS2(=O)=O)n1. The molecule has 6 nitrogen and oxygen atoms in total. The predicted octanol–water partition coefficient (Wildman–Crippen LogP) is 1.08. The molecule has 0 radical (unpaired) electrons. The summed E-state index contributed by atoms with van der Waals surface area (Å²) in [7, 11) is -1.38. The largest absolute Gasteiger partial charge is 0.373 e. The Morgan fingerprint density at radius 2 is 2.25 bits per heavy atom. The van der Waals surface area contributed by atoms with Gasteiger partial charge in [-0.05, 0) is 25.0 Å². The highest BCUT2D eigenvalue weighted by molar-refractivity contribution is 7.92. The van der Waals surface area contributed by atoms with Gasteiger partial charge in [-0.15, -0.1) is 0 Å². The summed E-state index contributed by atoms with van der Waals surface area (Å²) in [5, 5.41) is 5.14. The number of nitrogens with zero attached hydrogens (tertiary/aromatic N) is 1. The normalized spacial score (nSPS) is 20.6. The Balaban J connectivity index is 2.05. The van der Waals surface area contributed by atoms with E-state index in [0.29, 0.717) is 18.7 Å². The molecule has 1 atom stereocenters. The van der Waals surface area contributed by atoms with Crippen LogP contribution in [0.3, 0.4) is 0 Å². The van der Waals surface area contributed by atoms with Gasteiger partial charge in [-0.25, -0.2) is 13.4 Å². The van der Waals surface area contributed by atoms with E-state index in [9.17, 15) is 13.2 Å². The van der Waals surface area contributed by atoms with E-state index in [1.54, 1.807) is 19.2 Å². The van der Waals surface area contributed by atoms with Gasteiger partial charge in [-0.1, -0.05) is 11.6 Å². The quantitative estimate of drug-likeness (QED) is 0.867. The molecule has 1 aromatic rings. The number of hydrogen-bond donors (Lipinski definition) is 2. The fraction of sp³-hybridized carbons (Fsp3) is 0.500. The van der Waals surface area contributed by atoms with E-state index in [-0.39, 0.29) is 23.0 Å². The first-order valence-electron chi connectivity index (χ1n) is 6.28. The van der Waals surface area contributed by atoms with Crippen LogP contribution in [0.15, 0.2) is 12.1 Å². The Labute approximate surface area is 122 Å². The predicted molar refractivity (Wildman–Crippen MR) is 77.9 cm³/mol. The summed E-state index contributed by atoms with van der Waals surface area (Å²) in [4.78, 5) is 16.1. The summed E-state index contributed by atoms with van der Waals surface area (Å²) >= 11 is 5.93. The molecular weight excluding hydrogens is 302 g/mol. The molecule has 1 aliphatic rings. The van der Waals surface area contributed by atoms with E-state index in [4.69, 9.17) is 11.6 Å². The Morgan fingerprint density at radius 3 is 2.85 bits per heavy atom. The molecule has 0 aliphatic carbocycles. The number of rotatable bonds is 4. The zero-order valence-electron chi connectivity index (χ0n) is 11.0. The van der Waals surface area contributed by atoms with Gasteiger partial charge in [0.05, 0.1) is 16.0 Å². The molecule has 0 aromatic carbocycles. The lowest BCUT2D eigenvalue weighted by atomic mass is 10.2. The maximum absolute atomic E-state index is 12.0. The Bertz CT molecular complexity index is 618. The van der Waals surface area contributed by atoms with Gasteiger partial charge in [-0.2, -0.15) is 0 Å². The van der Waals surface area contributed by atoms with Crippen molar-refractivity contribution in [2.24, 2.45) is 0 Å². The molecule has 1 aliphatic heterocycles. The number of pyridine rings is 1. The van der Waals surface area contributed by atoms with E-state index in [2.05, 4.69) is 15.6 Å². The maximum atomic E-state index is 12.0. The highest BCUT2D eigenvalue weighted by atomic mass is 35.5. The Kier molecular flexibility index (Phi) is 4.49. The molecule has 1 amide bonds. The lowest BCUT2D eigenvalue weighted by Gasteiger charge is -2.11. The van der Waals surface area contributed by atoms with Crippen LogP contribution in [0, 0.1) is 0 Å². The Hall–Kier alpha value is -1.34. The molecule has 2 heterocycles. The molecular formula is C12H16ClN3O3S. The van der Waals surface area contributed by atoms with Crippen LogP contribution in [0.4, 0.5) is 5.82 Å². The van der Waals surface area contributed by atoms with E-state index >= 15 is 0 Å². The zero-order chi connectivity index (χ0) is 14.8. The van der Waals surface area contributed by atoms with Gasteiger partial charge in [0.15, 0.2) is 9.84 Å². The van der Waals surface area contributed by atoms with Gasteiger partial charge in [-0.3, -0.25) is 4.79 Å². The first-order chi connectivity index (χ1) is 9.44. The van der Waals surface area contributed by atoms with Crippen LogP contribution in [0.1, 0.15) is 23.3 Å². The summed E-state index contributed by atoms with van der Waals surface area (Å²) in [5.74, 6) is 0.254. The summed E-state index contributed by atoms with van der Waals surface area (Å²) < 4.78 is 23.4. The van der Waals surface area contributed by atoms with Crippen LogP contribution in [-0.4, -0.2) is 43.9 Å². The highest BCUT2D eigenvalue weighted by Crippen LogP contribution is 2.20. The molecule has 110 valence electrons. The molecule has 20 heavy (non-hydrogen) atoms.